The number of hydrogen-bond donors (Lipinski definition) is 2. The van der Waals surface area contributed by atoms with Crippen molar-refractivity contribution in [2.45, 2.75) is 6.92 Å². The number of Topliss-reactive ketones (excluding diaryl/α,β-unsaturated/α-hetero) is 1. The van der Waals surface area contributed by atoms with Crippen LogP contribution in [0.15, 0.2) is 18.2 Å². The maximum absolute atomic E-state index is 11.5. The molecule has 0 amide bonds. The first kappa shape index (κ1) is 12.7. The molecule has 1 aromatic rings. The second-order valence-electron chi connectivity index (χ2n) is 3.24. The van der Waals surface area contributed by atoms with E-state index in [1.165, 1.54) is 6.07 Å². The molecular formula is C11H10O6. The van der Waals surface area contributed by atoms with Crippen molar-refractivity contribution in [1.29, 1.82) is 0 Å². The highest BCUT2D eigenvalue weighted by molar-refractivity contribution is 6.01. The number of carboxylic acid groups (broad SMARTS) is 1. The first-order chi connectivity index (χ1) is 7.91. The maximum atomic E-state index is 11.5. The van der Waals surface area contributed by atoms with Crippen LogP contribution in [0.5, 0.6) is 5.75 Å². The SMILES string of the molecule is CC(=O)OCC(=O)c1ccc(O)c(C(=O)O)c1. The van der Waals surface area contributed by atoms with Gasteiger partial charge in [-0.25, -0.2) is 4.79 Å². The van der Waals surface area contributed by atoms with Crippen LogP contribution in [0.2, 0.25) is 0 Å². The molecule has 90 valence electrons. The van der Waals surface area contributed by atoms with E-state index in [9.17, 15) is 19.5 Å². The van der Waals surface area contributed by atoms with Gasteiger partial charge in [0.05, 0.1) is 0 Å². The molecule has 0 heterocycles. The highest BCUT2D eigenvalue weighted by Gasteiger charge is 2.14. The Bertz CT molecular complexity index is 477. The first-order valence-electron chi connectivity index (χ1n) is 4.64. The monoisotopic (exact) mass is 238 g/mol. The Hall–Kier alpha value is -2.37. The van der Waals surface area contributed by atoms with E-state index in [0.717, 1.165) is 19.1 Å². The van der Waals surface area contributed by atoms with E-state index in [2.05, 4.69) is 4.74 Å². The Morgan fingerprint density at radius 2 is 1.94 bits per heavy atom. The van der Waals surface area contributed by atoms with Crippen LogP contribution in [0.1, 0.15) is 27.6 Å². The van der Waals surface area contributed by atoms with Gasteiger partial charge in [-0.15, -0.1) is 0 Å². The third kappa shape index (κ3) is 3.30. The summed E-state index contributed by atoms with van der Waals surface area (Å²) < 4.78 is 4.49. The average molecular weight is 238 g/mol. The molecule has 0 saturated carbocycles. The van der Waals surface area contributed by atoms with E-state index in [4.69, 9.17) is 5.11 Å². The fraction of sp³-hybridized carbons (Fsp3) is 0.182. The van der Waals surface area contributed by atoms with E-state index >= 15 is 0 Å². The van der Waals surface area contributed by atoms with E-state index in [1.807, 2.05) is 0 Å². The fourth-order valence-corrected chi connectivity index (χ4v) is 1.13. The van der Waals surface area contributed by atoms with Crippen molar-refractivity contribution in [2.24, 2.45) is 0 Å². The minimum Gasteiger partial charge on any atom is -0.507 e. The largest absolute Gasteiger partial charge is 0.507 e. The van der Waals surface area contributed by atoms with Gasteiger partial charge in [0.25, 0.3) is 0 Å². The van der Waals surface area contributed by atoms with Gasteiger partial charge < -0.3 is 14.9 Å². The van der Waals surface area contributed by atoms with Gasteiger partial charge >= 0.3 is 11.9 Å². The number of carbonyl (C=O) groups is 3. The summed E-state index contributed by atoms with van der Waals surface area (Å²) in [6.45, 7) is 0.700. The number of carboxylic acids is 1. The Labute approximate surface area is 96.4 Å². The Morgan fingerprint density at radius 1 is 1.29 bits per heavy atom. The number of ether oxygens (including phenoxy) is 1. The Morgan fingerprint density at radius 3 is 2.47 bits per heavy atom. The number of carbonyl (C=O) groups excluding carboxylic acids is 2. The molecule has 1 rings (SSSR count). The maximum Gasteiger partial charge on any atom is 0.339 e. The molecule has 0 aromatic heterocycles. The van der Waals surface area contributed by atoms with Crippen molar-refractivity contribution in [3.8, 4) is 5.75 Å². The van der Waals surface area contributed by atoms with Crippen molar-refractivity contribution in [2.75, 3.05) is 6.61 Å². The zero-order chi connectivity index (χ0) is 13.0. The highest BCUT2D eigenvalue weighted by Crippen LogP contribution is 2.18. The van der Waals surface area contributed by atoms with Gasteiger partial charge in [-0.1, -0.05) is 0 Å². The lowest BCUT2D eigenvalue weighted by Gasteiger charge is -2.04. The molecule has 6 nitrogen and oxygen atoms in total. The molecule has 6 heteroatoms. The predicted molar refractivity (Wildman–Crippen MR) is 56.0 cm³/mol. The molecule has 0 radical (unpaired) electrons. The second kappa shape index (κ2) is 5.11. The van der Waals surface area contributed by atoms with Crippen LogP contribution in [-0.4, -0.2) is 34.5 Å². The minimum atomic E-state index is -1.34. The summed E-state index contributed by atoms with van der Waals surface area (Å²) in [6.07, 6.45) is 0. The molecule has 0 aliphatic carbocycles. The number of aromatic carboxylic acids is 1. The minimum absolute atomic E-state index is 0.0569. The number of phenols is 1. The lowest BCUT2D eigenvalue weighted by molar-refractivity contribution is -0.139. The van der Waals surface area contributed by atoms with Crippen LogP contribution >= 0.6 is 0 Å². The summed E-state index contributed by atoms with van der Waals surface area (Å²) in [5.41, 5.74) is -0.319. The lowest BCUT2D eigenvalue weighted by atomic mass is 10.1. The van der Waals surface area contributed by atoms with Crippen LogP contribution in [0.25, 0.3) is 0 Å². The van der Waals surface area contributed by atoms with E-state index in [-0.39, 0.29) is 11.1 Å². The summed E-state index contributed by atoms with van der Waals surface area (Å²) in [7, 11) is 0. The van der Waals surface area contributed by atoms with Crippen molar-refractivity contribution in [3.05, 3.63) is 29.3 Å². The van der Waals surface area contributed by atoms with Crippen LogP contribution < -0.4 is 0 Å². The van der Waals surface area contributed by atoms with Crippen LogP contribution in [-0.2, 0) is 9.53 Å². The van der Waals surface area contributed by atoms with Crippen molar-refractivity contribution in [3.63, 3.8) is 0 Å². The molecule has 0 aliphatic rings. The quantitative estimate of drug-likeness (QED) is 0.595. The number of esters is 1. The summed E-state index contributed by atoms with van der Waals surface area (Å²) in [4.78, 5) is 32.7. The summed E-state index contributed by atoms with van der Waals surface area (Å²) in [5.74, 6) is -2.91. The molecule has 0 spiro atoms. The molecule has 2 N–H and O–H groups in total. The molecule has 1 aromatic carbocycles. The van der Waals surface area contributed by atoms with Crippen molar-refractivity contribution >= 4 is 17.7 Å². The normalized spacial score (nSPS) is 9.71. The van der Waals surface area contributed by atoms with Crippen LogP contribution in [0.3, 0.4) is 0 Å². The number of hydrogen-bond acceptors (Lipinski definition) is 5. The van der Waals surface area contributed by atoms with Gasteiger partial charge in [0.15, 0.2) is 12.4 Å². The number of aromatic hydroxyl groups is 1. The van der Waals surface area contributed by atoms with Gasteiger partial charge in [-0.2, -0.15) is 0 Å². The van der Waals surface area contributed by atoms with E-state index in [0.29, 0.717) is 0 Å². The van der Waals surface area contributed by atoms with Gasteiger partial charge in [-0.05, 0) is 18.2 Å². The molecule has 17 heavy (non-hydrogen) atoms. The third-order valence-electron chi connectivity index (χ3n) is 1.96. The van der Waals surface area contributed by atoms with Gasteiger partial charge in [0.1, 0.15) is 11.3 Å². The third-order valence-corrected chi connectivity index (χ3v) is 1.96. The van der Waals surface area contributed by atoms with Gasteiger partial charge in [0.2, 0.25) is 0 Å². The molecule has 0 fully saturated rings. The summed E-state index contributed by atoms with van der Waals surface area (Å²) >= 11 is 0. The van der Waals surface area contributed by atoms with Crippen LogP contribution in [0.4, 0.5) is 0 Å². The molecule has 0 aliphatic heterocycles. The van der Waals surface area contributed by atoms with Crippen LogP contribution in [0, 0.1) is 0 Å². The average Bonchev–Trinajstić information content (AvgIpc) is 2.26. The molecule has 0 atom stereocenters. The molecular weight excluding hydrogens is 228 g/mol. The van der Waals surface area contributed by atoms with Crippen molar-refractivity contribution < 1.29 is 29.3 Å². The Kier molecular flexibility index (Phi) is 3.82. The zero-order valence-corrected chi connectivity index (χ0v) is 8.97. The number of benzene rings is 1. The smallest absolute Gasteiger partial charge is 0.339 e. The zero-order valence-electron chi connectivity index (χ0n) is 8.97. The van der Waals surface area contributed by atoms with Gasteiger partial charge in [-0.3, -0.25) is 9.59 Å². The first-order valence-corrected chi connectivity index (χ1v) is 4.64. The number of rotatable bonds is 4. The van der Waals surface area contributed by atoms with E-state index in [1.54, 1.807) is 0 Å². The lowest BCUT2D eigenvalue weighted by Crippen LogP contribution is -2.12. The fourth-order valence-electron chi connectivity index (χ4n) is 1.13. The van der Waals surface area contributed by atoms with Gasteiger partial charge in [0, 0.05) is 12.5 Å². The summed E-state index contributed by atoms with van der Waals surface area (Å²) in [5, 5.41) is 18.0. The number of ketones is 1. The van der Waals surface area contributed by atoms with Crippen molar-refractivity contribution in [1.82, 2.24) is 0 Å². The summed E-state index contributed by atoms with van der Waals surface area (Å²) in [6, 6.07) is 3.39. The van der Waals surface area contributed by atoms with E-state index < -0.39 is 30.1 Å². The second-order valence-corrected chi connectivity index (χ2v) is 3.24. The molecule has 0 saturated heterocycles. The topological polar surface area (TPSA) is 101 Å². The standard InChI is InChI=1S/C11H10O6/c1-6(12)17-5-10(14)7-2-3-9(13)8(4-7)11(15)16/h2-4,13H,5H2,1H3,(H,15,16). The predicted octanol–water partition coefficient (Wildman–Crippen LogP) is 0.836. The Balaban J connectivity index is 2.92. The molecule has 0 bridgehead atoms. The molecule has 0 unspecified atom stereocenters. The highest BCUT2D eigenvalue weighted by atomic mass is 16.5.